The summed E-state index contributed by atoms with van der Waals surface area (Å²) in [6.45, 7) is 3.50. The summed E-state index contributed by atoms with van der Waals surface area (Å²) in [6, 6.07) is 18.7. The molecule has 2 N–H and O–H groups in total. The molecule has 2 aromatic carbocycles. The van der Waals surface area contributed by atoms with Crippen LogP contribution in [0.4, 0.5) is 0 Å². The van der Waals surface area contributed by atoms with Gasteiger partial charge in [0.05, 0.1) is 7.11 Å². The SMILES string of the molecule is COC(=O)[C@@H]1CN(C(=O)C[NH2+][C@H](c2ccccc2)c2ccc(C)cc2)CCS1. The lowest BCUT2D eigenvalue weighted by molar-refractivity contribution is -0.677. The highest BCUT2D eigenvalue weighted by atomic mass is 32.2. The standard InChI is InChI=1S/C22H26N2O3S/c1-16-8-10-18(11-9-16)21(17-6-4-3-5-7-17)23-14-20(25)24-12-13-28-19(15-24)22(26)27-2/h3-11,19,21,23H,12-15H2,1-2H3/p+1/t19-,21+/m0/s1. The molecule has 6 heteroatoms. The van der Waals surface area contributed by atoms with Crippen LogP contribution in [0.15, 0.2) is 54.6 Å². The molecule has 148 valence electrons. The zero-order valence-corrected chi connectivity index (χ0v) is 17.2. The molecule has 1 heterocycles. The van der Waals surface area contributed by atoms with Crippen LogP contribution >= 0.6 is 11.8 Å². The van der Waals surface area contributed by atoms with Gasteiger partial charge in [-0.15, -0.1) is 11.8 Å². The topological polar surface area (TPSA) is 63.2 Å². The van der Waals surface area contributed by atoms with Gasteiger partial charge in [-0.1, -0.05) is 60.2 Å². The van der Waals surface area contributed by atoms with Crippen molar-refractivity contribution in [3.05, 3.63) is 71.3 Å². The van der Waals surface area contributed by atoms with E-state index >= 15 is 0 Å². The molecule has 1 aliphatic heterocycles. The molecule has 1 saturated heterocycles. The number of rotatable bonds is 6. The summed E-state index contributed by atoms with van der Waals surface area (Å²) in [5, 5.41) is 1.79. The van der Waals surface area contributed by atoms with E-state index in [1.54, 1.807) is 16.7 Å². The van der Waals surface area contributed by atoms with E-state index in [-0.39, 0.29) is 23.2 Å². The Hall–Kier alpha value is -2.31. The smallest absolute Gasteiger partial charge is 0.320 e. The van der Waals surface area contributed by atoms with Crippen LogP contribution < -0.4 is 5.32 Å². The van der Waals surface area contributed by atoms with Crippen molar-refractivity contribution < 1.29 is 19.6 Å². The number of carbonyl (C=O) groups excluding carboxylic acids is 2. The third-order valence-electron chi connectivity index (χ3n) is 5.01. The molecule has 0 saturated carbocycles. The Bertz CT molecular complexity index is 795. The van der Waals surface area contributed by atoms with Crippen molar-refractivity contribution in [2.24, 2.45) is 0 Å². The van der Waals surface area contributed by atoms with Gasteiger partial charge in [0.1, 0.15) is 11.3 Å². The maximum Gasteiger partial charge on any atom is 0.320 e. The summed E-state index contributed by atoms with van der Waals surface area (Å²) in [7, 11) is 1.39. The lowest BCUT2D eigenvalue weighted by Gasteiger charge is -2.30. The minimum atomic E-state index is -0.287. The second-order valence-electron chi connectivity index (χ2n) is 6.96. The van der Waals surface area contributed by atoms with Crippen LogP contribution in [0.1, 0.15) is 22.7 Å². The van der Waals surface area contributed by atoms with Gasteiger partial charge in [-0.25, -0.2) is 0 Å². The number of benzene rings is 2. The molecular weight excluding hydrogens is 372 g/mol. The Morgan fingerprint density at radius 3 is 2.50 bits per heavy atom. The van der Waals surface area contributed by atoms with Crippen molar-refractivity contribution in [3.63, 3.8) is 0 Å². The number of hydrogen-bond acceptors (Lipinski definition) is 4. The quantitative estimate of drug-likeness (QED) is 0.752. The summed E-state index contributed by atoms with van der Waals surface area (Å²) in [5.41, 5.74) is 3.55. The molecule has 0 aliphatic carbocycles. The van der Waals surface area contributed by atoms with Gasteiger partial charge < -0.3 is 15.0 Å². The number of carbonyl (C=O) groups is 2. The molecule has 0 unspecified atom stereocenters. The van der Waals surface area contributed by atoms with E-state index < -0.39 is 0 Å². The maximum absolute atomic E-state index is 12.8. The van der Waals surface area contributed by atoms with Crippen LogP contribution in [0, 0.1) is 6.92 Å². The van der Waals surface area contributed by atoms with E-state index in [0.29, 0.717) is 19.6 Å². The van der Waals surface area contributed by atoms with E-state index in [1.165, 1.54) is 23.8 Å². The Balaban J connectivity index is 1.68. The highest BCUT2D eigenvalue weighted by Gasteiger charge is 2.30. The molecule has 0 spiro atoms. The molecule has 28 heavy (non-hydrogen) atoms. The summed E-state index contributed by atoms with van der Waals surface area (Å²) in [5.74, 6) is 0.557. The third-order valence-corrected chi connectivity index (χ3v) is 6.17. The molecule has 2 aromatic rings. The number of methoxy groups -OCH3 is 1. The van der Waals surface area contributed by atoms with E-state index in [0.717, 1.165) is 5.75 Å². The lowest BCUT2D eigenvalue weighted by atomic mass is 9.98. The van der Waals surface area contributed by atoms with Gasteiger partial charge >= 0.3 is 5.97 Å². The van der Waals surface area contributed by atoms with Crippen LogP contribution in [-0.4, -0.2) is 54.5 Å². The predicted molar refractivity (Wildman–Crippen MR) is 111 cm³/mol. The second kappa shape index (κ2) is 9.75. The molecule has 5 nitrogen and oxygen atoms in total. The molecule has 0 aromatic heterocycles. The van der Waals surface area contributed by atoms with Gasteiger partial charge in [-0.05, 0) is 6.92 Å². The number of amides is 1. The fourth-order valence-corrected chi connectivity index (χ4v) is 4.52. The first kappa shape index (κ1) is 20.4. The average Bonchev–Trinajstić information content (AvgIpc) is 2.75. The first-order valence-electron chi connectivity index (χ1n) is 9.50. The maximum atomic E-state index is 12.8. The van der Waals surface area contributed by atoms with Crippen molar-refractivity contribution in [3.8, 4) is 0 Å². The number of nitrogens with zero attached hydrogens (tertiary/aromatic N) is 1. The van der Waals surface area contributed by atoms with Gasteiger partial charge in [0, 0.05) is 30.0 Å². The van der Waals surface area contributed by atoms with Crippen LogP contribution in [0.25, 0.3) is 0 Å². The average molecular weight is 400 g/mol. The number of aryl methyl sites for hydroxylation is 1. The number of thioether (sulfide) groups is 1. The van der Waals surface area contributed by atoms with Gasteiger partial charge in [0.2, 0.25) is 0 Å². The van der Waals surface area contributed by atoms with Crippen molar-refractivity contribution in [1.82, 2.24) is 4.90 Å². The number of nitrogens with two attached hydrogens (primary N) is 1. The molecule has 0 radical (unpaired) electrons. The Morgan fingerprint density at radius 1 is 1.14 bits per heavy atom. The first-order valence-corrected chi connectivity index (χ1v) is 10.6. The highest BCUT2D eigenvalue weighted by Crippen LogP contribution is 2.20. The van der Waals surface area contributed by atoms with Crippen LogP contribution in [0.3, 0.4) is 0 Å². The molecule has 1 amide bonds. The molecule has 1 fully saturated rings. The van der Waals surface area contributed by atoms with Gasteiger partial charge in [0.15, 0.2) is 6.54 Å². The molecule has 3 rings (SSSR count). The molecular formula is C22H27N2O3S+. The van der Waals surface area contributed by atoms with Crippen LogP contribution in [0.2, 0.25) is 0 Å². The zero-order chi connectivity index (χ0) is 19.9. The normalized spacial score (nSPS) is 17.8. The van der Waals surface area contributed by atoms with Crippen LogP contribution in [-0.2, 0) is 14.3 Å². The van der Waals surface area contributed by atoms with Crippen molar-refractivity contribution in [1.29, 1.82) is 0 Å². The fraction of sp³-hybridized carbons (Fsp3) is 0.364. The minimum Gasteiger partial charge on any atom is -0.468 e. The highest BCUT2D eigenvalue weighted by molar-refractivity contribution is 8.00. The van der Waals surface area contributed by atoms with E-state index in [1.807, 2.05) is 18.2 Å². The molecule has 2 atom stereocenters. The van der Waals surface area contributed by atoms with Crippen molar-refractivity contribution in [2.75, 3.05) is 32.5 Å². The largest absolute Gasteiger partial charge is 0.468 e. The summed E-state index contributed by atoms with van der Waals surface area (Å²) < 4.78 is 4.84. The number of hydrogen-bond donors (Lipinski definition) is 1. The summed E-state index contributed by atoms with van der Waals surface area (Å²) in [4.78, 5) is 26.4. The second-order valence-corrected chi connectivity index (χ2v) is 8.27. The minimum absolute atomic E-state index is 0.0568. The summed E-state index contributed by atoms with van der Waals surface area (Å²) >= 11 is 1.56. The number of ether oxygens (including phenoxy) is 1. The van der Waals surface area contributed by atoms with Crippen molar-refractivity contribution in [2.45, 2.75) is 18.2 Å². The predicted octanol–water partition coefficient (Wildman–Crippen LogP) is 1.76. The Kier molecular flexibility index (Phi) is 7.12. The monoisotopic (exact) mass is 399 g/mol. The van der Waals surface area contributed by atoms with Gasteiger partial charge in [-0.3, -0.25) is 9.59 Å². The zero-order valence-electron chi connectivity index (χ0n) is 16.3. The van der Waals surface area contributed by atoms with E-state index in [4.69, 9.17) is 4.74 Å². The first-order chi connectivity index (χ1) is 13.6. The van der Waals surface area contributed by atoms with Crippen LogP contribution in [0.5, 0.6) is 0 Å². The molecule has 1 aliphatic rings. The third kappa shape index (κ3) is 5.14. The number of quaternary nitrogens is 1. The Morgan fingerprint density at radius 2 is 1.82 bits per heavy atom. The van der Waals surface area contributed by atoms with E-state index in [2.05, 4.69) is 48.6 Å². The van der Waals surface area contributed by atoms with Gasteiger partial charge in [0.25, 0.3) is 5.91 Å². The Labute approximate surface area is 170 Å². The molecule has 0 bridgehead atoms. The van der Waals surface area contributed by atoms with E-state index in [9.17, 15) is 9.59 Å². The lowest BCUT2D eigenvalue weighted by Crippen LogP contribution is -2.88. The van der Waals surface area contributed by atoms with Gasteiger partial charge in [-0.2, -0.15) is 0 Å². The number of esters is 1. The fourth-order valence-electron chi connectivity index (χ4n) is 3.40. The van der Waals surface area contributed by atoms with Crippen molar-refractivity contribution >= 4 is 23.6 Å². The summed E-state index contributed by atoms with van der Waals surface area (Å²) in [6.07, 6.45) is 0.